The number of benzene rings is 1. The Morgan fingerprint density at radius 2 is 2.35 bits per heavy atom. The minimum absolute atomic E-state index is 0. The maximum Gasteiger partial charge on any atom is 0.193 e. The summed E-state index contributed by atoms with van der Waals surface area (Å²) in [5.41, 5.74) is 2.16. The highest BCUT2D eigenvalue weighted by atomic mass is 127. The van der Waals surface area contributed by atoms with Gasteiger partial charge in [-0.3, -0.25) is 5.10 Å². The summed E-state index contributed by atoms with van der Waals surface area (Å²) >= 11 is 0. The lowest BCUT2D eigenvalue weighted by molar-refractivity contribution is 0.181. The zero-order chi connectivity index (χ0) is 17.5. The third-order valence-corrected chi connectivity index (χ3v) is 4.28. The Morgan fingerprint density at radius 3 is 3.04 bits per heavy atom. The van der Waals surface area contributed by atoms with E-state index in [0.717, 1.165) is 55.6 Å². The molecule has 1 aromatic carbocycles. The number of rotatable bonds is 6. The van der Waals surface area contributed by atoms with Crippen LogP contribution in [0.15, 0.2) is 35.6 Å². The van der Waals surface area contributed by atoms with Gasteiger partial charge >= 0.3 is 0 Å². The number of guanidine groups is 1. The first kappa shape index (κ1) is 20.6. The predicted octanol–water partition coefficient (Wildman–Crippen LogP) is 2.52. The highest BCUT2D eigenvalue weighted by Crippen LogP contribution is 2.16. The molecular weight excluding hydrogens is 443 g/mol. The number of nitrogens with one attached hydrogen (secondary N) is 2. The van der Waals surface area contributed by atoms with Gasteiger partial charge in [-0.25, -0.2) is 9.98 Å². The zero-order valence-electron chi connectivity index (χ0n) is 15.3. The predicted molar refractivity (Wildman–Crippen MR) is 114 cm³/mol. The molecule has 0 bridgehead atoms. The summed E-state index contributed by atoms with van der Waals surface area (Å²) in [6, 6.07) is 8.22. The van der Waals surface area contributed by atoms with Crippen molar-refractivity contribution in [2.75, 3.05) is 33.4 Å². The van der Waals surface area contributed by atoms with E-state index in [2.05, 4.69) is 51.5 Å². The average Bonchev–Trinajstić information content (AvgIpc) is 3.32. The molecule has 142 valence electrons. The summed E-state index contributed by atoms with van der Waals surface area (Å²) in [6.07, 6.45) is 2.65. The van der Waals surface area contributed by atoms with Gasteiger partial charge in [-0.2, -0.15) is 5.10 Å². The fraction of sp³-hybridized carbons (Fsp3) is 0.500. The molecule has 0 amide bonds. The molecule has 3 rings (SSSR count). The SMILES string of the molecule is CCNC(=NCc1cccc(-c2ncn[nH]2)c1)N(C)CC1CCOC1.I. The van der Waals surface area contributed by atoms with Crippen LogP contribution in [0.1, 0.15) is 18.9 Å². The smallest absolute Gasteiger partial charge is 0.193 e. The van der Waals surface area contributed by atoms with E-state index in [1.165, 1.54) is 6.33 Å². The molecule has 1 saturated heterocycles. The van der Waals surface area contributed by atoms with Gasteiger partial charge in [-0.15, -0.1) is 24.0 Å². The topological polar surface area (TPSA) is 78.4 Å². The minimum Gasteiger partial charge on any atom is -0.381 e. The van der Waals surface area contributed by atoms with Crippen LogP contribution in [0.2, 0.25) is 0 Å². The first-order chi connectivity index (χ1) is 12.3. The molecule has 1 fully saturated rings. The van der Waals surface area contributed by atoms with Crippen LogP contribution in [0.25, 0.3) is 11.4 Å². The summed E-state index contributed by atoms with van der Waals surface area (Å²) in [6.45, 7) is 6.25. The molecule has 1 aliphatic rings. The highest BCUT2D eigenvalue weighted by Gasteiger charge is 2.19. The van der Waals surface area contributed by atoms with Gasteiger partial charge in [-0.05, 0) is 25.0 Å². The fourth-order valence-electron chi connectivity index (χ4n) is 3.00. The van der Waals surface area contributed by atoms with Gasteiger partial charge < -0.3 is 15.0 Å². The summed E-state index contributed by atoms with van der Waals surface area (Å²) in [5, 5.41) is 10.2. The molecule has 26 heavy (non-hydrogen) atoms. The van der Waals surface area contributed by atoms with Crippen molar-refractivity contribution in [1.82, 2.24) is 25.4 Å². The second kappa shape index (κ2) is 10.5. The van der Waals surface area contributed by atoms with Crippen molar-refractivity contribution >= 4 is 29.9 Å². The van der Waals surface area contributed by atoms with Crippen LogP contribution >= 0.6 is 24.0 Å². The Morgan fingerprint density at radius 1 is 1.46 bits per heavy atom. The summed E-state index contributed by atoms with van der Waals surface area (Å²) in [5.74, 6) is 2.29. The Bertz CT molecular complexity index is 685. The van der Waals surface area contributed by atoms with Crippen molar-refractivity contribution < 1.29 is 4.74 Å². The van der Waals surface area contributed by atoms with Gasteiger partial charge in [0, 0.05) is 38.2 Å². The van der Waals surface area contributed by atoms with Crippen LogP contribution in [0.5, 0.6) is 0 Å². The molecule has 2 N–H and O–H groups in total. The van der Waals surface area contributed by atoms with Crippen molar-refractivity contribution in [3.8, 4) is 11.4 Å². The number of aromatic nitrogens is 3. The largest absolute Gasteiger partial charge is 0.381 e. The van der Waals surface area contributed by atoms with Crippen molar-refractivity contribution in [3.05, 3.63) is 36.2 Å². The number of nitrogens with zero attached hydrogens (tertiary/aromatic N) is 4. The van der Waals surface area contributed by atoms with Crippen LogP contribution < -0.4 is 5.32 Å². The zero-order valence-corrected chi connectivity index (χ0v) is 17.6. The maximum atomic E-state index is 5.47. The fourth-order valence-corrected chi connectivity index (χ4v) is 3.00. The highest BCUT2D eigenvalue weighted by molar-refractivity contribution is 14.0. The Hall–Kier alpha value is -1.68. The van der Waals surface area contributed by atoms with Gasteiger partial charge in [0.15, 0.2) is 11.8 Å². The maximum absolute atomic E-state index is 5.47. The van der Waals surface area contributed by atoms with Gasteiger partial charge in [0.25, 0.3) is 0 Å². The summed E-state index contributed by atoms with van der Waals surface area (Å²) < 4.78 is 5.47. The van der Waals surface area contributed by atoms with E-state index in [1.807, 2.05) is 12.1 Å². The molecule has 1 aliphatic heterocycles. The molecule has 2 heterocycles. The van der Waals surface area contributed by atoms with E-state index in [0.29, 0.717) is 12.5 Å². The van der Waals surface area contributed by atoms with E-state index < -0.39 is 0 Å². The van der Waals surface area contributed by atoms with Crippen molar-refractivity contribution in [2.45, 2.75) is 19.9 Å². The number of hydrogen-bond acceptors (Lipinski definition) is 4. The van der Waals surface area contributed by atoms with Crippen LogP contribution in [-0.4, -0.2) is 59.4 Å². The van der Waals surface area contributed by atoms with Crippen LogP contribution in [0.4, 0.5) is 0 Å². The Labute approximate surface area is 171 Å². The van der Waals surface area contributed by atoms with E-state index in [4.69, 9.17) is 9.73 Å². The monoisotopic (exact) mass is 470 g/mol. The van der Waals surface area contributed by atoms with E-state index in [9.17, 15) is 0 Å². The summed E-state index contributed by atoms with van der Waals surface area (Å²) in [4.78, 5) is 11.2. The van der Waals surface area contributed by atoms with Gasteiger partial charge in [0.2, 0.25) is 0 Å². The van der Waals surface area contributed by atoms with Crippen molar-refractivity contribution in [1.29, 1.82) is 0 Å². The van der Waals surface area contributed by atoms with Crippen molar-refractivity contribution in [3.63, 3.8) is 0 Å². The average molecular weight is 470 g/mol. The van der Waals surface area contributed by atoms with E-state index >= 15 is 0 Å². The number of aromatic amines is 1. The van der Waals surface area contributed by atoms with Crippen LogP contribution in [0.3, 0.4) is 0 Å². The molecule has 8 heteroatoms. The molecule has 0 saturated carbocycles. The molecule has 0 aliphatic carbocycles. The van der Waals surface area contributed by atoms with Gasteiger partial charge in [-0.1, -0.05) is 18.2 Å². The van der Waals surface area contributed by atoms with E-state index in [1.54, 1.807) is 0 Å². The molecule has 7 nitrogen and oxygen atoms in total. The Balaban J connectivity index is 0.00000243. The number of H-pyrrole nitrogens is 1. The number of ether oxygens (including phenoxy) is 1. The van der Waals surface area contributed by atoms with Crippen molar-refractivity contribution in [2.24, 2.45) is 10.9 Å². The standard InChI is InChI=1S/C18H26N6O.HI/c1-3-19-18(24(2)11-15-7-8-25-12-15)20-10-14-5-4-6-16(9-14)17-21-13-22-23-17;/h4-6,9,13,15H,3,7-8,10-12H2,1-2H3,(H,19,20)(H,21,22,23);1H. The molecule has 1 unspecified atom stereocenters. The normalized spacial score (nSPS) is 17.0. The third-order valence-electron chi connectivity index (χ3n) is 4.28. The second-order valence-corrected chi connectivity index (χ2v) is 6.31. The second-order valence-electron chi connectivity index (χ2n) is 6.31. The first-order valence-corrected chi connectivity index (χ1v) is 8.78. The molecule has 2 aromatic rings. The number of halogens is 1. The van der Waals surface area contributed by atoms with Gasteiger partial charge in [0.05, 0.1) is 13.2 Å². The molecule has 1 atom stereocenters. The van der Waals surface area contributed by atoms with Crippen LogP contribution in [-0.2, 0) is 11.3 Å². The Kier molecular flexibility index (Phi) is 8.30. The lowest BCUT2D eigenvalue weighted by Crippen LogP contribution is -2.41. The van der Waals surface area contributed by atoms with Crippen LogP contribution in [0, 0.1) is 5.92 Å². The third kappa shape index (κ3) is 5.66. The first-order valence-electron chi connectivity index (χ1n) is 8.78. The molecule has 0 spiro atoms. The van der Waals surface area contributed by atoms with Gasteiger partial charge in [0.1, 0.15) is 6.33 Å². The lowest BCUT2D eigenvalue weighted by atomic mass is 10.1. The molecular formula is C18H27IN6O. The lowest BCUT2D eigenvalue weighted by Gasteiger charge is -2.24. The number of hydrogen-bond donors (Lipinski definition) is 2. The molecule has 1 aromatic heterocycles. The quantitative estimate of drug-likeness (QED) is 0.386. The van der Waals surface area contributed by atoms with E-state index in [-0.39, 0.29) is 24.0 Å². The number of aliphatic imine (C=N–C) groups is 1. The minimum atomic E-state index is 0. The summed E-state index contributed by atoms with van der Waals surface area (Å²) in [7, 11) is 2.09. The molecule has 0 radical (unpaired) electrons.